The van der Waals surface area contributed by atoms with Crippen LogP contribution < -0.4 is 21.2 Å². The van der Waals surface area contributed by atoms with Crippen molar-refractivity contribution in [1.82, 2.24) is 4.98 Å². The van der Waals surface area contributed by atoms with Gasteiger partial charge >= 0.3 is 138 Å². The van der Waals surface area contributed by atoms with Gasteiger partial charge in [0.1, 0.15) is 0 Å². The second kappa shape index (κ2) is 7.47. The Labute approximate surface area is 137 Å². The van der Waals surface area contributed by atoms with E-state index in [1.165, 1.54) is 15.3 Å². The van der Waals surface area contributed by atoms with Crippen LogP contribution in [0.5, 0.6) is 0 Å². The van der Waals surface area contributed by atoms with E-state index >= 15 is 0 Å². The van der Waals surface area contributed by atoms with E-state index in [9.17, 15) is 4.79 Å². The Morgan fingerprint density at radius 3 is 3.11 bits per heavy atom. The Morgan fingerprint density at radius 1 is 1.47 bits per heavy atom. The zero-order valence-electron chi connectivity index (χ0n) is 10.6. The number of hydrogen-bond donors (Lipinski definition) is 0. The zero-order chi connectivity index (χ0) is 13.7. The van der Waals surface area contributed by atoms with Crippen LogP contribution in [-0.2, 0) is 0 Å². The van der Waals surface area contributed by atoms with Crippen LogP contribution in [0.4, 0.5) is 0 Å². The maximum atomic E-state index is 11.7. The molecule has 1 aromatic rings. The molecule has 1 atom stereocenters. The molecule has 0 N–H and O–H groups in total. The minimum absolute atomic E-state index is 0.0261. The van der Waals surface area contributed by atoms with Crippen molar-refractivity contribution in [3.05, 3.63) is 41.7 Å². The molecule has 0 amide bonds. The van der Waals surface area contributed by atoms with Crippen molar-refractivity contribution < 1.29 is 26.0 Å². The number of halogens is 2. The predicted molar refractivity (Wildman–Crippen MR) is 82.1 cm³/mol. The topological polar surface area (TPSA) is 42.3 Å². The summed E-state index contributed by atoms with van der Waals surface area (Å²) >= 11 is 2.51. The molecule has 0 saturated carbocycles. The Kier molecular flexibility index (Phi) is 5.93. The number of carbonyl (C=O) groups is 1. The number of hydrogen-bond acceptors (Lipinski definition) is 3. The van der Waals surface area contributed by atoms with Gasteiger partial charge in [0.15, 0.2) is 0 Å². The summed E-state index contributed by atoms with van der Waals surface area (Å²) in [5.41, 5.74) is 2.31. The van der Waals surface area contributed by atoms with Crippen molar-refractivity contribution in [3.63, 3.8) is 0 Å². The summed E-state index contributed by atoms with van der Waals surface area (Å²) in [4.78, 5) is 20.7. The van der Waals surface area contributed by atoms with Crippen molar-refractivity contribution in [2.75, 3.05) is 8.86 Å². The number of alkyl halides is 3. The van der Waals surface area contributed by atoms with Gasteiger partial charge in [-0.15, -0.1) is 0 Å². The van der Waals surface area contributed by atoms with Gasteiger partial charge < -0.3 is 0 Å². The van der Waals surface area contributed by atoms with Gasteiger partial charge in [0, 0.05) is 0 Å². The summed E-state index contributed by atoms with van der Waals surface area (Å²) in [6.07, 6.45) is 6.34. The molecule has 0 spiro atoms. The van der Waals surface area contributed by atoms with E-state index in [1.54, 1.807) is 12.3 Å². The molecule has 1 heterocycles. The molecule has 1 aliphatic carbocycles. The molecule has 1 aromatic heterocycles. The first-order chi connectivity index (χ1) is 9.22. The standard InChI is InChI=1S/C14H15I2N2O/c1-10(16-8-3-7-15)18-12-5-6-13(19)14-11(12)4-2-9-17-14/h2,4-6,9-10H,3,7-8H2,1H3/q-1/t10-/m1/s1. The molecule has 0 radical (unpaired) electrons. The number of aliphatic imine (C=N–C) groups is 1. The average Bonchev–Trinajstić information content (AvgIpc) is 2.43. The van der Waals surface area contributed by atoms with Crippen LogP contribution in [0.15, 0.2) is 35.5 Å². The monoisotopic (exact) mass is 481 g/mol. The Hall–Kier alpha value is -0.310. The molecule has 5 heteroatoms. The molecule has 0 unspecified atom stereocenters. The number of ketones is 1. The SMILES string of the molecule is C[C@@H](N=C1C=CC(=O)c2ncccc21)[I-]CCCI. The first-order valence-electron chi connectivity index (χ1n) is 6.11. The van der Waals surface area contributed by atoms with E-state index in [0.717, 1.165) is 11.3 Å². The van der Waals surface area contributed by atoms with Crippen LogP contribution in [0, 0.1) is 0 Å². The van der Waals surface area contributed by atoms with Gasteiger partial charge in [-0.2, -0.15) is 0 Å². The molecule has 19 heavy (non-hydrogen) atoms. The Morgan fingerprint density at radius 2 is 2.32 bits per heavy atom. The number of aromatic nitrogens is 1. The summed E-state index contributed by atoms with van der Waals surface area (Å²) < 4.78 is 2.92. The van der Waals surface area contributed by atoms with Gasteiger partial charge in [0.2, 0.25) is 0 Å². The van der Waals surface area contributed by atoms with Crippen LogP contribution >= 0.6 is 22.6 Å². The molecular formula is C14H15I2N2O-. The van der Waals surface area contributed by atoms with Crippen LogP contribution in [0.2, 0.25) is 0 Å². The van der Waals surface area contributed by atoms with Gasteiger partial charge in [-0.25, -0.2) is 0 Å². The fraction of sp³-hybridized carbons (Fsp3) is 0.357. The fourth-order valence-electron chi connectivity index (χ4n) is 1.76. The van der Waals surface area contributed by atoms with E-state index < -0.39 is 0 Å². The predicted octanol–water partition coefficient (Wildman–Crippen LogP) is -0.117. The van der Waals surface area contributed by atoms with Crippen LogP contribution in [0.3, 0.4) is 0 Å². The molecule has 1 aliphatic rings. The summed E-state index contributed by atoms with van der Waals surface area (Å²) in [5, 5.41) is 0. The van der Waals surface area contributed by atoms with Crippen molar-refractivity contribution in [2.24, 2.45) is 4.99 Å². The minimum atomic E-state index is -0.0261. The average molecular weight is 481 g/mol. The van der Waals surface area contributed by atoms with Gasteiger partial charge in [0.05, 0.1) is 0 Å². The van der Waals surface area contributed by atoms with E-state index in [1.807, 2.05) is 18.2 Å². The molecule has 3 nitrogen and oxygen atoms in total. The van der Waals surface area contributed by atoms with Crippen molar-refractivity contribution in [3.8, 4) is 0 Å². The fourth-order valence-corrected chi connectivity index (χ4v) is 5.82. The number of fused-ring (bicyclic) bond motifs is 1. The van der Waals surface area contributed by atoms with Crippen LogP contribution in [-0.4, -0.2) is 29.4 Å². The van der Waals surface area contributed by atoms with Gasteiger partial charge in [-0.1, -0.05) is 0 Å². The van der Waals surface area contributed by atoms with E-state index in [0.29, 0.717) is 9.74 Å². The molecule has 2 rings (SSSR count). The molecule has 0 fully saturated rings. The Bertz CT molecular complexity index is 526. The summed E-state index contributed by atoms with van der Waals surface area (Å²) in [7, 11) is 0. The van der Waals surface area contributed by atoms with Crippen LogP contribution in [0.1, 0.15) is 29.4 Å². The Balaban J connectivity index is 2.16. The van der Waals surface area contributed by atoms with E-state index in [4.69, 9.17) is 4.99 Å². The number of pyridine rings is 1. The van der Waals surface area contributed by atoms with Gasteiger partial charge in [-0.05, 0) is 0 Å². The normalized spacial score (nSPS) is 17.8. The third-order valence-electron chi connectivity index (χ3n) is 2.63. The molecule has 0 aliphatic heterocycles. The van der Waals surface area contributed by atoms with Gasteiger partial charge in [0.25, 0.3) is 0 Å². The third-order valence-corrected chi connectivity index (χ3v) is 6.33. The second-order valence-corrected chi connectivity index (χ2v) is 8.91. The zero-order valence-corrected chi connectivity index (χ0v) is 15.0. The molecule has 0 bridgehead atoms. The number of nitrogens with zero attached hydrogens (tertiary/aromatic N) is 2. The first-order valence-corrected chi connectivity index (χ1v) is 10.4. The third kappa shape index (κ3) is 4.08. The van der Waals surface area contributed by atoms with E-state index in [-0.39, 0.29) is 27.0 Å². The summed E-state index contributed by atoms with van der Waals surface area (Å²) in [6.45, 7) is 2.17. The number of carbonyl (C=O) groups excluding carboxylic acids is 1. The van der Waals surface area contributed by atoms with E-state index in [2.05, 4.69) is 34.5 Å². The quantitative estimate of drug-likeness (QED) is 0.255. The van der Waals surface area contributed by atoms with Crippen molar-refractivity contribution in [2.45, 2.75) is 17.4 Å². The van der Waals surface area contributed by atoms with Crippen molar-refractivity contribution >= 4 is 34.1 Å². The van der Waals surface area contributed by atoms with Crippen LogP contribution in [0.25, 0.3) is 0 Å². The molecule has 102 valence electrons. The number of rotatable bonds is 5. The van der Waals surface area contributed by atoms with Crippen molar-refractivity contribution in [1.29, 1.82) is 0 Å². The first kappa shape index (κ1) is 15.1. The summed E-state index contributed by atoms with van der Waals surface area (Å²) in [5.74, 6) is -0.0261. The molecule has 0 aromatic carbocycles. The maximum absolute atomic E-state index is 11.7. The molecule has 0 saturated heterocycles. The number of allylic oxidation sites excluding steroid dienone is 2. The van der Waals surface area contributed by atoms with Gasteiger partial charge in [-0.3, -0.25) is 0 Å². The summed E-state index contributed by atoms with van der Waals surface area (Å²) in [6, 6.07) is 3.79. The second-order valence-electron chi connectivity index (χ2n) is 4.07. The molecular weight excluding hydrogens is 466 g/mol.